The molecule has 0 unspecified atom stereocenters. The first-order chi connectivity index (χ1) is 8.08. The molecule has 0 aliphatic carbocycles. The number of unbranched alkanes of at least 4 members (excludes halogenated alkanes) is 1. The summed E-state index contributed by atoms with van der Waals surface area (Å²) in [5.41, 5.74) is 5.59. The Hall–Kier alpha value is -1.11. The molecule has 7 heteroatoms. The molecule has 2 aliphatic heterocycles. The zero-order chi connectivity index (χ0) is 12.4. The number of aliphatic carboxylic acids is 1. The molecular formula is C10H17N3O3S. The fraction of sp³-hybridized carbons (Fsp3) is 0.800. The molecule has 0 aromatic rings. The lowest BCUT2D eigenvalue weighted by Crippen LogP contribution is -2.38. The zero-order valence-electron chi connectivity index (χ0n) is 9.46. The molecule has 0 radical (unpaired) electrons. The molecule has 1 saturated heterocycles. The molecule has 0 amide bonds. The average Bonchev–Trinajstić information content (AvgIpc) is 2.69. The molecule has 4 atom stereocenters. The van der Waals surface area contributed by atoms with Crippen LogP contribution in [-0.4, -0.2) is 44.3 Å². The molecule has 0 aromatic heterocycles. The van der Waals surface area contributed by atoms with Gasteiger partial charge in [0.25, 0.3) is 0 Å². The molecule has 6 nitrogen and oxygen atoms in total. The predicted molar refractivity (Wildman–Crippen MR) is 65.2 cm³/mol. The molecular weight excluding hydrogens is 242 g/mol. The highest BCUT2D eigenvalue weighted by atomic mass is 32.2. The molecule has 17 heavy (non-hydrogen) atoms. The summed E-state index contributed by atoms with van der Waals surface area (Å²) < 4.78 is 11.9. The van der Waals surface area contributed by atoms with E-state index in [4.69, 9.17) is 10.8 Å². The third kappa shape index (κ3) is 2.77. The number of guanidine groups is 1. The number of fused-ring (bicyclic) bond motifs is 1. The molecule has 0 aromatic carbocycles. The van der Waals surface area contributed by atoms with Gasteiger partial charge >= 0.3 is 5.97 Å². The maximum Gasteiger partial charge on any atom is 0.303 e. The molecule has 2 rings (SSSR count). The molecule has 0 saturated carbocycles. The molecule has 1 fully saturated rings. The summed E-state index contributed by atoms with van der Waals surface area (Å²) in [6, 6.07) is 0.126. The minimum atomic E-state index is -0.871. The highest BCUT2D eigenvalue weighted by Gasteiger charge is 2.44. The van der Waals surface area contributed by atoms with Crippen molar-refractivity contribution in [1.82, 2.24) is 5.32 Å². The molecule has 0 spiro atoms. The Morgan fingerprint density at radius 3 is 3.06 bits per heavy atom. The highest BCUT2D eigenvalue weighted by Crippen LogP contribution is 2.27. The van der Waals surface area contributed by atoms with Gasteiger partial charge in [0, 0.05) is 23.0 Å². The largest absolute Gasteiger partial charge is 0.481 e. The number of aliphatic imine (C=N–C) groups is 1. The van der Waals surface area contributed by atoms with Gasteiger partial charge in [-0.1, -0.05) is 6.42 Å². The number of hydrogen-bond acceptors (Lipinski definition) is 5. The van der Waals surface area contributed by atoms with E-state index >= 15 is 0 Å². The maximum absolute atomic E-state index is 11.9. The van der Waals surface area contributed by atoms with E-state index in [1.165, 1.54) is 0 Å². The van der Waals surface area contributed by atoms with Crippen LogP contribution in [0, 0.1) is 0 Å². The van der Waals surface area contributed by atoms with E-state index in [2.05, 4.69) is 10.3 Å². The third-order valence-corrected chi connectivity index (χ3v) is 5.10. The van der Waals surface area contributed by atoms with Crippen molar-refractivity contribution in [2.45, 2.75) is 43.0 Å². The number of carbonyl (C=O) groups is 1. The van der Waals surface area contributed by atoms with Crippen LogP contribution < -0.4 is 11.1 Å². The number of carboxylic acids is 1. The summed E-state index contributed by atoms with van der Waals surface area (Å²) in [7, 11) is -0.871. The fourth-order valence-corrected chi connectivity index (χ4v) is 4.30. The first-order valence-electron chi connectivity index (χ1n) is 5.76. The fourth-order valence-electron chi connectivity index (χ4n) is 2.43. The number of carboxylic acid groups (broad SMARTS) is 1. The van der Waals surface area contributed by atoms with E-state index in [9.17, 15) is 9.00 Å². The number of rotatable bonds is 5. The minimum absolute atomic E-state index is 0.0145. The Morgan fingerprint density at radius 2 is 2.35 bits per heavy atom. The monoisotopic (exact) mass is 259 g/mol. The number of hydrogen-bond donors (Lipinski definition) is 3. The van der Waals surface area contributed by atoms with Gasteiger partial charge in [0.15, 0.2) is 5.96 Å². The molecule has 0 bridgehead atoms. The predicted octanol–water partition coefficient (Wildman–Crippen LogP) is -0.583. The summed E-state index contributed by atoms with van der Waals surface area (Å²) >= 11 is 0. The second-order valence-corrected chi connectivity index (χ2v) is 6.18. The standard InChI is InChI=1S/C10H17N3O3S/c11-10-12-6-5-17(16)7(9(6)13-10)3-1-2-4-8(14)15/h6-7,9H,1-5H2,(H,14,15)(H3,11,12,13)/t6-,7+,9+,17-/m1/s1. The van der Waals surface area contributed by atoms with Crippen molar-refractivity contribution in [3.8, 4) is 0 Å². The SMILES string of the molecule is NC1=N[C@H]2[C@@H](C[S@@](=O)[C@H]2CCCCC(=O)O)N1. The Balaban J connectivity index is 1.83. The Bertz CT molecular complexity index is 372. The summed E-state index contributed by atoms with van der Waals surface area (Å²) in [6.45, 7) is 0. The van der Waals surface area contributed by atoms with Crippen LogP contribution >= 0.6 is 0 Å². The van der Waals surface area contributed by atoms with E-state index in [0.717, 1.165) is 12.8 Å². The van der Waals surface area contributed by atoms with E-state index in [-0.39, 0.29) is 23.8 Å². The van der Waals surface area contributed by atoms with Crippen molar-refractivity contribution in [1.29, 1.82) is 0 Å². The van der Waals surface area contributed by atoms with E-state index in [1.807, 2.05) is 0 Å². The second-order valence-electron chi connectivity index (χ2n) is 4.48. The van der Waals surface area contributed by atoms with Gasteiger partial charge in [-0.05, 0) is 12.8 Å². The molecule has 4 N–H and O–H groups in total. The first kappa shape index (κ1) is 12.3. The normalized spacial score (nSPS) is 35.2. The minimum Gasteiger partial charge on any atom is -0.481 e. The molecule has 96 valence electrons. The Kier molecular flexibility index (Phi) is 3.66. The van der Waals surface area contributed by atoms with Crippen LogP contribution in [0.25, 0.3) is 0 Å². The van der Waals surface area contributed by atoms with E-state index in [1.54, 1.807) is 0 Å². The van der Waals surface area contributed by atoms with Crippen LogP contribution in [0.1, 0.15) is 25.7 Å². The summed E-state index contributed by atoms with van der Waals surface area (Å²) in [4.78, 5) is 14.6. The van der Waals surface area contributed by atoms with Gasteiger partial charge in [0.05, 0.1) is 17.3 Å². The van der Waals surface area contributed by atoms with Crippen molar-refractivity contribution in [3.63, 3.8) is 0 Å². The van der Waals surface area contributed by atoms with Gasteiger partial charge in [-0.15, -0.1) is 0 Å². The van der Waals surface area contributed by atoms with Crippen molar-refractivity contribution in [2.75, 3.05) is 5.75 Å². The van der Waals surface area contributed by atoms with Crippen LogP contribution in [0.15, 0.2) is 4.99 Å². The van der Waals surface area contributed by atoms with Crippen molar-refractivity contribution >= 4 is 22.7 Å². The van der Waals surface area contributed by atoms with Crippen LogP contribution in [-0.2, 0) is 15.6 Å². The smallest absolute Gasteiger partial charge is 0.303 e. The third-order valence-electron chi connectivity index (χ3n) is 3.23. The molecule has 2 aliphatic rings. The van der Waals surface area contributed by atoms with Crippen molar-refractivity contribution in [2.24, 2.45) is 10.7 Å². The molecule has 2 heterocycles. The first-order valence-corrected chi connectivity index (χ1v) is 7.15. The Morgan fingerprint density at radius 1 is 1.59 bits per heavy atom. The van der Waals surface area contributed by atoms with Crippen molar-refractivity contribution in [3.05, 3.63) is 0 Å². The highest BCUT2D eigenvalue weighted by molar-refractivity contribution is 7.86. The van der Waals surface area contributed by atoms with Crippen LogP contribution in [0.2, 0.25) is 0 Å². The summed E-state index contributed by atoms with van der Waals surface area (Å²) in [6.07, 6.45) is 2.35. The number of nitrogens with one attached hydrogen (secondary N) is 1. The maximum atomic E-state index is 11.9. The zero-order valence-corrected chi connectivity index (χ0v) is 10.3. The van der Waals surface area contributed by atoms with Crippen molar-refractivity contribution < 1.29 is 14.1 Å². The van der Waals surface area contributed by atoms with Gasteiger partial charge in [0.1, 0.15) is 0 Å². The van der Waals surface area contributed by atoms with E-state index in [0.29, 0.717) is 18.1 Å². The lowest BCUT2D eigenvalue weighted by molar-refractivity contribution is -0.137. The second kappa shape index (κ2) is 5.03. The Labute approximate surface area is 102 Å². The summed E-state index contributed by atoms with van der Waals surface area (Å²) in [5, 5.41) is 11.6. The van der Waals surface area contributed by atoms with Gasteiger partial charge in [-0.3, -0.25) is 9.00 Å². The average molecular weight is 259 g/mol. The van der Waals surface area contributed by atoms with Gasteiger partial charge < -0.3 is 16.2 Å². The number of nitrogens with zero attached hydrogens (tertiary/aromatic N) is 1. The van der Waals surface area contributed by atoms with Crippen LogP contribution in [0.5, 0.6) is 0 Å². The number of nitrogens with two attached hydrogens (primary N) is 1. The quantitative estimate of drug-likeness (QED) is 0.573. The van der Waals surface area contributed by atoms with Gasteiger partial charge in [0.2, 0.25) is 0 Å². The van der Waals surface area contributed by atoms with Gasteiger partial charge in [-0.2, -0.15) is 0 Å². The topological polar surface area (TPSA) is 105 Å². The summed E-state index contributed by atoms with van der Waals surface area (Å²) in [5.74, 6) is 0.255. The lowest BCUT2D eigenvalue weighted by Gasteiger charge is -2.13. The van der Waals surface area contributed by atoms with Gasteiger partial charge in [-0.25, -0.2) is 4.99 Å². The van der Waals surface area contributed by atoms with Crippen LogP contribution in [0.3, 0.4) is 0 Å². The van der Waals surface area contributed by atoms with E-state index < -0.39 is 16.8 Å². The lowest BCUT2D eigenvalue weighted by atomic mass is 10.0. The van der Waals surface area contributed by atoms with Crippen LogP contribution in [0.4, 0.5) is 0 Å².